The number of hydrogen-bond acceptors (Lipinski definition) is 1. The SMILES string of the molecule is C=C=C(NC)C(=C)C. The van der Waals surface area contributed by atoms with E-state index in [0.29, 0.717) is 0 Å². The summed E-state index contributed by atoms with van der Waals surface area (Å²) in [4.78, 5) is 0. The van der Waals surface area contributed by atoms with E-state index in [4.69, 9.17) is 0 Å². The second kappa shape index (κ2) is 3.11. The minimum Gasteiger partial charge on any atom is -0.382 e. The van der Waals surface area contributed by atoms with E-state index in [0.717, 1.165) is 11.3 Å². The first-order chi connectivity index (χ1) is 3.72. The number of nitrogens with one attached hydrogen (secondary N) is 1. The molecule has 1 N–H and O–H groups in total. The molecule has 0 unspecified atom stereocenters. The van der Waals surface area contributed by atoms with Gasteiger partial charge in [-0.15, -0.1) is 5.73 Å². The summed E-state index contributed by atoms with van der Waals surface area (Å²) >= 11 is 0. The molecule has 0 saturated carbocycles. The van der Waals surface area contributed by atoms with E-state index in [1.807, 2.05) is 14.0 Å². The standard InChI is InChI=1S/C7H11N/c1-5-7(8-4)6(2)3/h8H,1-2H2,3-4H3. The smallest absolute Gasteiger partial charge is 0.0788 e. The Morgan fingerprint density at radius 1 is 1.62 bits per heavy atom. The van der Waals surface area contributed by atoms with Crippen LogP contribution in [0, 0.1) is 0 Å². The average molecular weight is 109 g/mol. The molecule has 0 aromatic rings. The monoisotopic (exact) mass is 109 g/mol. The molecule has 0 bridgehead atoms. The lowest BCUT2D eigenvalue weighted by molar-refractivity contribution is 1.01. The van der Waals surface area contributed by atoms with Gasteiger partial charge in [0, 0.05) is 7.05 Å². The van der Waals surface area contributed by atoms with E-state index >= 15 is 0 Å². The van der Waals surface area contributed by atoms with Gasteiger partial charge < -0.3 is 5.32 Å². The zero-order chi connectivity index (χ0) is 6.57. The van der Waals surface area contributed by atoms with E-state index in [2.05, 4.69) is 24.2 Å². The highest BCUT2D eigenvalue weighted by molar-refractivity contribution is 5.22. The van der Waals surface area contributed by atoms with Crippen LogP contribution in [0.15, 0.2) is 30.2 Å². The van der Waals surface area contributed by atoms with Crippen molar-refractivity contribution >= 4 is 0 Å². The molecule has 0 atom stereocenters. The summed E-state index contributed by atoms with van der Waals surface area (Å²) in [5.41, 5.74) is 4.55. The van der Waals surface area contributed by atoms with Crippen LogP contribution in [-0.4, -0.2) is 7.05 Å². The lowest BCUT2D eigenvalue weighted by Crippen LogP contribution is -2.04. The zero-order valence-electron chi connectivity index (χ0n) is 5.41. The first-order valence-corrected chi connectivity index (χ1v) is 2.46. The van der Waals surface area contributed by atoms with Gasteiger partial charge in [0.2, 0.25) is 0 Å². The quantitative estimate of drug-likeness (QED) is 0.418. The topological polar surface area (TPSA) is 12.0 Å². The van der Waals surface area contributed by atoms with Crippen LogP contribution in [0.5, 0.6) is 0 Å². The molecule has 44 valence electrons. The van der Waals surface area contributed by atoms with Crippen molar-refractivity contribution in [1.82, 2.24) is 5.32 Å². The highest BCUT2D eigenvalue weighted by Gasteiger charge is 1.87. The molecule has 0 saturated heterocycles. The fraction of sp³-hybridized carbons (Fsp3) is 0.286. The Balaban J connectivity index is 4.14. The van der Waals surface area contributed by atoms with Crippen molar-refractivity contribution in [2.24, 2.45) is 0 Å². The third-order valence-corrected chi connectivity index (χ3v) is 0.854. The number of likely N-dealkylation sites (N-methyl/N-ethyl adjacent to an activating group) is 1. The van der Waals surface area contributed by atoms with Gasteiger partial charge in [-0.3, -0.25) is 0 Å². The molecule has 0 amide bonds. The molecule has 1 nitrogen and oxygen atoms in total. The van der Waals surface area contributed by atoms with Gasteiger partial charge in [0.25, 0.3) is 0 Å². The number of rotatable bonds is 2. The normalized spacial score (nSPS) is 7.25. The lowest BCUT2D eigenvalue weighted by Gasteiger charge is -1.98. The Morgan fingerprint density at radius 3 is 2.12 bits per heavy atom. The Bertz CT molecular complexity index is 138. The number of allylic oxidation sites excluding steroid dienone is 1. The van der Waals surface area contributed by atoms with Crippen molar-refractivity contribution in [2.45, 2.75) is 6.92 Å². The van der Waals surface area contributed by atoms with Crippen molar-refractivity contribution in [3.05, 3.63) is 30.2 Å². The van der Waals surface area contributed by atoms with Crippen LogP contribution in [-0.2, 0) is 0 Å². The summed E-state index contributed by atoms with van der Waals surface area (Å²) in [6.45, 7) is 9.07. The Labute approximate surface area is 50.4 Å². The first-order valence-electron chi connectivity index (χ1n) is 2.46. The van der Waals surface area contributed by atoms with Gasteiger partial charge in [-0.1, -0.05) is 13.2 Å². The van der Waals surface area contributed by atoms with E-state index in [9.17, 15) is 0 Å². The molecule has 0 spiro atoms. The Kier molecular flexibility index (Phi) is 2.75. The van der Waals surface area contributed by atoms with Gasteiger partial charge >= 0.3 is 0 Å². The van der Waals surface area contributed by atoms with Crippen molar-refractivity contribution in [1.29, 1.82) is 0 Å². The zero-order valence-corrected chi connectivity index (χ0v) is 5.41. The molecule has 0 aliphatic heterocycles. The van der Waals surface area contributed by atoms with E-state index in [-0.39, 0.29) is 0 Å². The molecule has 0 aliphatic rings. The van der Waals surface area contributed by atoms with E-state index < -0.39 is 0 Å². The summed E-state index contributed by atoms with van der Waals surface area (Å²) in [6.07, 6.45) is 0. The maximum atomic E-state index is 3.70. The highest BCUT2D eigenvalue weighted by atomic mass is 14.8. The third kappa shape index (κ3) is 1.67. The lowest BCUT2D eigenvalue weighted by atomic mass is 10.3. The van der Waals surface area contributed by atoms with Gasteiger partial charge in [0.1, 0.15) is 0 Å². The first kappa shape index (κ1) is 7.06. The molecule has 0 aliphatic carbocycles. The van der Waals surface area contributed by atoms with E-state index in [1.165, 1.54) is 0 Å². The predicted molar refractivity (Wildman–Crippen MR) is 36.5 cm³/mol. The van der Waals surface area contributed by atoms with E-state index in [1.54, 1.807) is 0 Å². The molecule has 0 radical (unpaired) electrons. The minimum absolute atomic E-state index is 0.880. The fourth-order valence-corrected chi connectivity index (χ4v) is 0.453. The van der Waals surface area contributed by atoms with Crippen LogP contribution in [0.3, 0.4) is 0 Å². The summed E-state index contributed by atoms with van der Waals surface area (Å²) < 4.78 is 0. The molecule has 0 aromatic heterocycles. The highest BCUT2D eigenvalue weighted by Crippen LogP contribution is 1.96. The Hall–Kier alpha value is -0.940. The maximum absolute atomic E-state index is 3.70. The van der Waals surface area contributed by atoms with Crippen molar-refractivity contribution < 1.29 is 0 Å². The van der Waals surface area contributed by atoms with Crippen molar-refractivity contribution in [3.63, 3.8) is 0 Å². The van der Waals surface area contributed by atoms with Gasteiger partial charge in [0.15, 0.2) is 0 Å². The molecular formula is C7H11N. The van der Waals surface area contributed by atoms with Crippen LogP contribution >= 0.6 is 0 Å². The minimum atomic E-state index is 0.880. The van der Waals surface area contributed by atoms with Crippen molar-refractivity contribution in [2.75, 3.05) is 7.05 Å². The fourth-order valence-electron chi connectivity index (χ4n) is 0.453. The Morgan fingerprint density at radius 2 is 2.12 bits per heavy atom. The van der Waals surface area contributed by atoms with Gasteiger partial charge in [-0.25, -0.2) is 0 Å². The summed E-state index contributed by atoms with van der Waals surface area (Å²) in [6, 6.07) is 0. The summed E-state index contributed by atoms with van der Waals surface area (Å²) in [7, 11) is 1.82. The van der Waals surface area contributed by atoms with Gasteiger partial charge in [-0.05, 0) is 12.5 Å². The molecule has 0 aromatic carbocycles. The van der Waals surface area contributed by atoms with Gasteiger partial charge in [0.05, 0.1) is 5.70 Å². The van der Waals surface area contributed by atoms with Crippen LogP contribution in [0.2, 0.25) is 0 Å². The molecule has 0 heterocycles. The third-order valence-electron chi connectivity index (χ3n) is 0.854. The second-order valence-electron chi connectivity index (χ2n) is 1.58. The molecular weight excluding hydrogens is 98.1 g/mol. The number of hydrogen-bond donors (Lipinski definition) is 1. The van der Waals surface area contributed by atoms with Crippen LogP contribution in [0.25, 0.3) is 0 Å². The summed E-state index contributed by atoms with van der Waals surface area (Å²) in [5.74, 6) is 0. The second-order valence-corrected chi connectivity index (χ2v) is 1.58. The largest absolute Gasteiger partial charge is 0.382 e. The molecule has 0 rings (SSSR count). The average Bonchev–Trinajstić information content (AvgIpc) is 1.69. The molecule has 1 heteroatoms. The van der Waals surface area contributed by atoms with Crippen LogP contribution < -0.4 is 5.32 Å². The summed E-state index contributed by atoms with van der Waals surface area (Å²) in [5, 5.41) is 2.89. The van der Waals surface area contributed by atoms with Crippen LogP contribution in [0.1, 0.15) is 6.92 Å². The predicted octanol–water partition coefficient (Wildman–Crippen LogP) is 1.45. The van der Waals surface area contributed by atoms with Crippen molar-refractivity contribution in [3.8, 4) is 0 Å². The molecule has 8 heavy (non-hydrogen) atoms. The van der Waals surface area contributed by atoms with Gasteiger partial charge in [-0.2, -0.15) is 0 Å². The van der Waals surface area contributed by atoms with Crippen LogP contribution in [0.4, 0.5) is 0 Å². The maximum Gasteiger partial charge on any atom is 0.0788 e. The molecule has 0 fully saturated rings.